The number of ether oxygens (including phenoxy) is 1. The van der Waals surface area contributed by atoms with E-state index in [1.54, 1.807) is 6.92 Å². The summed E-state index contributed by atoms with van der Waals surface area (Å²) in [7, 11) is 0. The van der Waals surface area contributed by atoms with E-state index in [1.165, 1.54) is 11.8 Å². The summed E-state index contributed by atoms with van der Waals surface area (Å²) in [6.07, 6.45) is 5.67. The van der Waals surface area contributed by atoms with Crippen LogP contribution in [0.15, 0.2) is 40.6 Å². The minimum atomic E-state index is -0.109. The molecular weight excluding hydrogens is 366 g/mol. The van der Waals surface area contributed by atoms with Crippen LogP contribution >= 0.6 is 0 Å². The highest BCUT2D eigenvalue weighted by Crippen LogP contribution is 2.27. The van der Waals surface area contributed by atoms with Gasteiger partial charge in [-0.3, -0.25) is 0 Å². The molecule has 2 aromatic rings. The number of aryl methyl sites for hydroxylation is 1. The van der Waals surface area contributed by atoms with Gasteiger partial charge in [-0.2, -0.15) is 0 Å². The predicted molar refractivity (Wildman–Crippen MR) is 115 cm³/mol. The lowest BCUT2D eigenvalue weighted by molar-refractivity contribution is 0.197. The Balaban J connectivity index is 1.58. The molecule has 1 aliphatic heterocycles. The molecule has 0 bridgehead atoms. The quantitative estimate of drug-likeness (QED) is 0.712. The molecule has 1 unspecified atom stereocenters. The predicted octanol–water partition coefficient (Wildman–Crippen LogP) is 5.37. The van der Waals surface area contributed by atoms with Gasteiger partial charge in [0.2, 0.25) is 0 Å². The van der Waals surface area contributed by atoms with Crippen LogP contribution in [0, 0.1) is 18.8 Å². The molecule has 1 N–H and O–H groups in total. The van der Waals surface area contributed by atoms with Gasteiger partial charge in [0.25, 0.3) is 0 Å². The Kier molecular flexibility index (Phi) is 6.96. The SMILES string of the molecule is Cc1oncc1NC(=O)N1CCC(=Cc2cccc(OCCC(C)C)c2)C(C)C1. The normalized spacial score (nSPS) is 18.3. The summed E-state index contributed by atoms with van der Waals surface area (Å²) >= 11 is 0. The summed E-state index contributed by atoms with van der Waals surface area (Å²) in [5.41, 5.74) is 3.12. The molecule has 1 saturated heterocycles. The molecule has 0 spiro atoms. The first-order valence-corrected chi connectivity index (χ1v) is 10.3. The second-order valence-corrected chi connectivity index (χ2v) is 8.15. The number of carbonyl (C=O) groups excluding carboxylic acids is 1. The molecule has 0 saturated carbocycles. The van der Waals surface area contributed by atoms with Crippen LogP contribution < -0.4 is 10.1 Å². The second kappa shape index (κ2) is 9.63. The topological polar surface area (TPSA) is 67.6 Å². The number of likely N-dealkylation sites (tertiary alicyclic amines) is 1. The van der Waals surface area contributed by atoms with Crippen molar-refractivity contribution in [1.82, 2.24) is 10.1 Å². The van der Waals surface area contributed by atoms with Gasteiger partial charge >= 0.3 is 6.03 Å². The molecule has 156 valence electrons. The fraction of sp³-hybridized carbons (Fsp3) is 0.478. The number of nitrogens with one attached hydrogen (secondary N) is 1. The van der Waals surface area contributed by atoms with Crippen LogP contribution in [0.25, 0.3) is 6.08 Å². The standard InChI is InChI=1S/C23H31N3O3/c1-16(2)9-11-28-21-7-5-6-19(13-21)12-20-8-10-26(15-17(20)3)23(27)25-22-14-24-29-18(22)4/h5-7,12-14,16-17H,8-11,15H2,1-4H3,(H,25,27). The van der Waals surface area contributed by atoms with E-state index in [0.717, 1.165) is 30.8 Å². The Morgan fingerprint density at radius 3 is 2.97 bits per heavy atom. The van der Waals surface area contributed by atoms with Crippen LogP contribution in [-0.2, 0) is 0 Å². The van der Waals surface area contributed by atoms with Gasteiger partial charge in [-0.25, -0.2) is 4.79 Å². The summed E-state index contributed by atoms with van der Waals surface area (Å²) in [5.74, 6) is 2.45. The Morgan fingerprint density at radius 2 is 2.28 bits per heavy atom. The van der Waals surface area contributed by atoms with Gasteiger partial charge in [0, 0.05) is 13.1 Å². The number of carbonyl (C=O) groups is 1. The minimum absolute atomic E-state index is 0.109. The first-order valence-electron chi connectivity index (χ1n) is 10.3. The lowest BCUT2D eigenvalue weighted by Gasteiger charge is -2.33. The molecule has 29 heavy (non-hydrogen) atoms. The highest BCUT2D eigenvalue weighted by molar-refractivity contribution is 5.89. The van der Waals surface area contributed by atoms with E-state index in [9.17, 15) is 4.79 Å². The molecule has 0 aliphatic carbocycles. The number of piperidine rings is 1. The average molecular weight is 398 g/mol. The zero-order valence-corrected chi connectivity index (χ0v) is 17.8. The molecule has 1 aliphatic rings. The monoisotopic (exact) mass is 397 g/mol. The van der Waals surface area contributed by atoms with Gasteiger partial charge in [0.15, 0.2) is 5.76 Å². The fourth-order valence-electron chi connectivity index (χ4n) is 3.38. The number of hydrogen-bond donors (Lipinski definition) is 1. The van der Waals surface area contributed by atoms with Crippen molar-refractivity contribution in [2.45, 2.75) is 40.5 Å². The Labute approximate surface area is 172 Å². The lowest BCUT2D eigenvalue weighted by Crippen LogP contribution is -2.42. The number of nitrogens with zero attached hydrogens (tertiary/aromatic N) is 2. The third-order valence-electron chi connectivity index (χ3n) is 5.25. The summed E-state index contributed by atoms with van der Waals surface area (Å²) < 4.78 is 10.9. The van der Waals surface area contributed by atoms with Crippen LogP contribution in [0.2, 0.25) is 0 Å². The molecule has 3 rings (SSSR count). The molecule has 6 nitrogen and oxygen atoms in total. The number of hydrogen-bond acceptors (Lipinski definition) is 4. The van der Waals surface area contributed by atoms with Crippen LogP contribution in [0.5, 0.6) is 5.75 Å². The first-order chi connectivity index (χ1) is 13.9. The van der Waals surface area contributed by atoms with Gasteiger partial charge in [-0.15, -0.1) is 0 Å². The van der Waals surface area contributed by atoms with Gasteiger partial charge in [-0.05, 0) is 49.3 Å². The van der Waals surface area contributed by atoms with Gasteiger partial charge in [0.05, 0.1) is 12.8 Å². The van der Waals surface area contributed by atoms with Gasteiger partial charge in [0.1, 0.15) is 11.4 Å². The van der Waals surface area contributed by atoms with E-state index in [2.05, 4.69) is 49.5 Å². The molecular formula is C23H31N3O3. The van der Waals surface area contributed by atoms with Crippen molar-refractivity contribution < 1.29 is 14.1 Å². The third kappa shape index (κ3) is 5.86. The van der Waals surface area contributed by atoms with Gasteiger partial charge < -0.3 is 19.5 Å². The first kappa shape index (κ1) is 21.0. The zero-order valence-electron chi connectivity index (χ0n) is 17.8. The molecule has 2 amide bonds. The molecule has 2 heterocycles. The van der Waals surface area contributed by atoms with Crippen molar-refractivity contribution >= 4 is 17.8 Å². The van der Waals surface area contributed by atoms with Crippen molar-refractivity contribution in [2.75, 3.05) is 25.0 Å². The van der Waals surface area contributed by atoms with Crippen molar-refractivity contribution in [3.05, 3.63) is 47.4 Å². The maximum atomic E-state index is 12.5. The molecule has 1 atom stereocenters. The van der Waals surface area contributed by atoms with Crippen LogP contribution in [-0.4, -0.2) is 35.8 Å². The summed E-state index contributed by atoms with van der Waals surface area (Å²) in [4.78, 5) is 14.4. The maximum absolute atomic E-state index is 12.5. The Morgan fingerprint density at radius 1 is 1.45 bits per heavy atom. The van der Waals surface area contributed by atoms with Gasteiger partial charge in [-0.1, -0.05) is 49.7 Å². The van der Waals surface area contributed by atoms with Crippen molar-refractivity contribution in [3.63, 3.8) is 0 Å². The van der Waals surface area contributed by atoms with Crippen LogP contribution in [0.3, 0.4) is 0 Å². The average Bonchev–Trinajstić information content (AvgIpc) is 3.08. The van der Waals surface area contributed by atoms with E-state index < -0.39 is 0 Å². The smallest absolute Gasteiger partial charge is 0.322 e. The van der Waals surface area contributed by atoms with E-state index in [0.29, 0.717) is 36.4 Å². The van der Waals surface area contributed by atoms with E-state index in [1.807, 2.05) is 17.0 Å². The Hall–Kier alpha value is -2.76. The molecule has 1 fully saturated rings. The number of rotatable bonds is 6. The zero-order chi connectivity index (χ0) is 20.8. The van der Waals surface area contributed by atoms with E-state index in [-0.39, 0.29) is 6.03 Å². The maximum Gasteiger partial charge on any atom is 0.322 e. The van der Waals surface area contributed by atoms with Crippen LogP contribution in [0.1, 0.15) is 44.9 Å². The van der Waals surface area contributed by atoms with Crippen molar-refractivity contribution in [2.24, 2.45) is 11.8 Å². The highest BCUT2D eigenvalue weighted by atomic mass is 16.5. The lowest BCUT2D eigenvalue weighted by atomic mass is 9.91. The Bertz CT molecular complexity index is 857. The molecule has 1 aromatic heterocycles. The van der Waals surface area contributed by atoms with E-state index in [4.69, 9.17) is 9.26 Å². The molecule has 6 heteroatoms. The van der Waals surface area contributed by atoms with Crippen LogP contribution in [0.4, 0.5) is 10.5 Å². The second-order valence-electron chi connectivity index (χ2n) is 8.15. The van der Waals surface area contributed by atoms with E-state index >= 15 is 0 Å². The number of urea groups is 1. The summed E-state index contributed by atoms with van der Waals surface area (Å²) in [6.45, 7) is 10.5. The summed E-state index contributed by atoms with van der Waals surface area (Å²) in [5, 5.41) is 6.57. The number of anilines is 1. The molecule has 0 radical (unpaired) electrons. The minimum Gasteiger partial charge on any atom is -0.494 e. The molecule has 1 aromatic carbocycles. The number of aromatic nitrogens is 1. The van der Waals surface area contributed by atoms with Crippen molar-refractivity contribution in [3.8, 4) is 5.75 Å². The highest BCUT2D eigenvalue weighted by Gasteiger charge is 2.25. The summed E-state index contributed by atoms with van der Waals surface area (Å²) in [6, 6.07) is 8.12. The number of amides is 2. The largest absolute Gasteiger partial charge is 0.494 e. The fourth-order valence-corrected chi connectivity index (χ4v) is 3.38. The third-order valence-corrected chi connectivity index (χ3v) is 5.25. The van der Waals surface area contributed by atoms with Crippen molar-refractivity contribution in [1.29, 1.82) is 0 Å². The number of benzene rings is 1.